The van der Waals surface area contributed by atoms with E-state index in [4.69, 9.17) is 23.2 Å². The first-order chi connectivity index (χ1) is 18.6. The second-order valence-electron chi connectivity index (χ2n) is 8.58. The van der Waals surface area contributed by atoms with Crippen molar-refractivity contribution in [2.75, 3.05) is 17.8 Å². The van der Waals surface area contributed by atoms with Gasteiger partial charge in [0, 0.05) is 28.8 Å². The van der Waals surface area contributed by atoms with Crippen LogP contribution in [0.25, 0.3) is 11.0 Å². The second kappa shape index (κ2) is 11.1. The fraction of sp³-hybridized carbons (Fsp3) is 0.160. The minimum absolute atomic E-state index is 0.0218. The van der Waals surface area contributed by atoms with E-state index < -0.39 is 52.3 Å². The van der Waals surface area contributed by atoms with Gasteiger partial charge in [0.25, 0.3) is 5.91 Å². The number of rotatable bonds is 6. The van der Waals surface area contributed by atoms with Crippen LogP contribution < -0.4 is 4.72 Å². The number of fused-ring (bicyclic) bond motifs is 1. The summed E-state index contributed by atoms with van der Waals surface area (Å²) in [7, 11) is 0. The lowest BCUT2D eigenvalue weighted by atomic mass is 10.0. The van der Waals surface area contributed by atoms with Crippen molar-refractivity contribution in [1.82, 2.24) is 13.9 Å². The van der Waals surface area contributed by atoms with Crippen LogP contribution in [0, 0.1) is 11.6 Å². The van der Waals surface area contributed by atoms with Gasteiger partial charge in [-0.15, -0.1) is 4.31 Å². The van der Waals surface area contributed by atoms with Gasteiger partial charge in [-0.1, -0.05) is 29.3 Å². The van der Waals surface area contributed by atoms with E-state index in [0.29, 0.717) is 4.47 Å². The molecule has 14 heteroatoms. The lowest BCUT2D eigenvalue weighted by molar-refractivity contribution is 0.0964. The lowest BCUT2D eigenvalue weighted by Crippen LogP contribution is -2.34. The van der Waals surface area contributed by atoms with Crippen molar-refractivity contribution in [3.8, 4) is 0 Å². The van der Waals surface area contributed by atoms with Crippen molar-refractivity contribution in [2.24, 2.45) is 0 Å². The molecule has 4 aromatic rings. The zero-order valence-corrected chi connectivity index (χ0v) is 23.5. The fourth-order valence-electron chi connectivity index (χ4n) is 4.21. The third-order valence-corrected chi connectivity index (χ3v) is 8.35. The summed E-state index contributed by atoms with van der Waals surface area (Å²) in [5.74, 6) is -4.28. The largest absolute Gasteiger partial charge is 0.573 e. The molecule has 0 bridgehead atoms. The van der Waals surface area contributed by atoms with Gasteiger partial charge in [0.15, 0.2) is 17.4 Å². The number of aromatic nitrogens is 2. The number of nitrogens with one attached hydrogen (secondary N) is 1. The first-order valence-corrected chi connectivity index (χ1v) is 14.0. The second-order valence-corrected chi connectivity index (χ2v) is 11.5. The summed E-state index contributed by atoms with van der Waals surface area (Å²) in [4.78, 5) is 31.2. The number of pyridine rings is 1. The predicted molar refractivity (Wildman–Crippen MR) is 146 cm³/mol. The average Bonchev–Trinajstić information content (AvgIpc) is 3.49. The summed E-state index contributed by atoms with van der Waals surface area (Å²) in [6.45, 7) is 0.0688. The average molecular weight is 660 g/mol. The van der Waals surface area contributed by atoms with Gasteiger partial charge in [0.2, 0.25) is 5.78 Å². The summed E-state index contributed by atoms with van der Waals surface area (Å²) in [6, 6.07) is 7.80. The molecule has 1 N–H and O–H groups in total. The van der Waals surface area contributed by atoms with Gasteiger partial charge in [0.05, 0.1) is 33.3 Å². The van der Waals surface area contributed by atoms with Gasteiger partial charge in [-0.05, 0) is 52.7 Å². The van der Waals surface area contributed by atoms with Gasteiger partial charge in [-0.25, -0.2) is 18.2 Å². The molecule has 0 amide bonds. The third-order valence-electron chi connectivity index (χ3n) is 6.09. The number of alkyl halides is 1. The number of anilines is 1. The Kier molecular flexibility index (Phi) is 7.96. The summed E-state index contributed by atoms with van der Waals surface area (Å²) < 4.78 is 61.6. The molecule has 0 saturated carbocycles. The highest BCUT2D eigenvalue weighted by atomic mass is 79.9. The highest BCUT2D eigenvalue weighted by molar-refractivity contribution is 9.10. The van der Waals surface area contributed by atoms with E-state index in [-0.39, 0.29) is 51.7 Å². The molecule has 1 saturated heterocycles. The maximum atomic E-state index is 15.5. The molecule has 0 spiro atoms. The first kappa shape index (κ1) is 27.9. The van der Waals surface area contributed by atoms with Gasteiger partial charge < -0.3 is 4.55 Å². The van der Waals surface area contributed by atoms with Crippen LogP contribution >= 0.6 is 39.1 Å². The molecule has 5 rings (SSSR count). The zero-order chi connectivity index (χ0) is 28.0. The summed E-state index contributed by atoms with van der Waals surface area (Å²) >= 11 is 13.6. The summed E-state index contributed by atoms with van der Waals surface area (Å²) in [5.41, 5.74) is -1.61. The highest BCUT2D eigenvalue weighted by Gasteiger charge is 2.33. The van der Waals surface area contributed by atoms with E-state index >= 15 is 4.39 Å². The van der Waals surface area contributed by atoms with Gasteiger partial charge in [-0.3, -0.25) is 14.2 Å². The van der Waals surface area contributed by atoms with E-state index in [2.05, 4.69) is 25.6 Å². The molecule has 2 aromatic carbocycles. The fourth-order valence-corrected chi connectivity index (χ4v) is 6.14. The standard InChI is InChI=1S/C25H16BrCl2F3N4O3S/c26-12-8-14-15(11-35(24(14)32-9-12)25(37)20-16(27)2-1-3-17(20)28)23(36)21-18(30)4-5-19(22(21)31)33-39(38)34-7-6-13(29)10-34/h1-5,8-9,11,13,33H,6-7,10H2. The van der Waals surface area contributed by atoms with Crippen molar-refractivity contribution in [1.29, 1.82) is 0 Å². The maximum absolute atomic E-state index is 15.5. The molecule has 2 aromatic heterocycles. The third kappa shape index (κ3) is 5.29. The number of halogens is 6. The monoisotopic (exact) mass is 658 g/mol. The molecule has 2 atom stereocenters. The van der Waals surface area contributed by atoms with Crippen LogP contribution in [0.3, 0.4) is 0 Å². The van der Waals surface area contributed by atoms with Crippen molar-refractivity contribution in [3.63, 3.8) is 0 Å². The summed E-state index contributed by atoms with van der Waals surface area (Å²) in [6.07, 6.45) is 1.50. The molecule has 1 aliphatic heterocycles. The van der Waals surface area contributed by atoms with Crippen molar-refractivity contribution < 1.29 is 27.3 Å². The molecule has 202 valence electrons. The maximum Gasteiger partial charge on any atom is 0.266 e. The number of hydrogen-bond acceptors (Lipinski definition) is 6. The smallest absolute Gasteiger partial charge is 0.266 e. The molecule has 0 radical (unpaired) electrons. The number of ketones is 1. The number of nitrogens with zero attached hydrogens (tertiary/aromatic N) is 3. The van der Waals surface area contributed by atoms with Crippen molar-refractivity contribution >= 4 is 79.1 Å². The Labute approximate surface area is 241 Å². The number of carbonyl (C=O) groups is 2. The zero-order valence-electron chi connectivity index (χ0n) is 19.6. The SMILES string of the molecule is O=C(c1c(F)ccc(N[S+]([O-])N2CCC(F)C2)c1F)c1cn(C(=O)c2c(Cl)cccc2Cl)c2ncc(Br)cc12. The van der Waals surface area contributed by atoms with E-state index in [1.807, 2.05) is 0 Å². The van der Waals surface area contributed by atoms with Gasteiger partial charge in [0.1, 0.15) is 23.3 Å². The number of hydrogen-bond donors (Lipinski definition) is 1. The van der Waals surface area contributed by atoms with Crippen LogP contribution in [0.2, 0.25) is 10.0 Å². The first-order valence-electron chi connectivity index (χ1n) is 11.3. The molecule has 0 aliphatic carbocycles. The molecule has 1 fully saturated rings. The van der Waals surface area contributed by atoms with Gasteiger partial charge >= 0.3 is 0 Å². The van der Waals surface area contributed by atoms with E-state index in [1.165, 1.54) is 28.7 Å². The van der Waals surface area contributed by atoms with E-state index in [9.17, 15) is 22.9 Å². The number of carbonyl (C=O) groups excluding carboxylic acids is 2. The van der Waals surface area contributed by atoms with Crippen molar-refractivity contribution in [2.45, 2.75) is 12.6 Å². The quantitative estimate of drug-likeness (QED) is 0.192. The lowest BCUT2D eigenvalue weighted by Gasteiger charge is -2.19. The van der Waals surface area contributed by atoms with Crippen LogP contribution in [0.4, 0.5) is 18.9 Å². The van der Waals surface area contributed by atoms with Gasteiger partial charge in [-0.2, -0.15) is 4.72 Å². The van der Waals surface area contributed by atoms with E-state index in [0.717, 1.165) is 22.9 Å². The Bertz CT molecular complexity index is 1620. The molecular weight excluding hydrogens is 644 g/mol. The normalized spacial score (nSPS) is 16.5. The minimum atomic E-state index is -2.02. The molecular formula is C25H16BrCl2F3N4O3S. The van der Waals surface area contributed by atoms with E-state index in [1.54, 1.807) is 6.07 Å². The Morgan fingerprint density at radius 1 is 1.15 bits per heavy atom. The Balaban J connectivity index is 1.58. The Hall–Kier alpha value is -2.61. The van der Waals surface area contributed by atoms with Crippen LogP contribution in [0.15, 0.2) is 53.3 Å². The van der Waals surface area contributed by atoms with Crippen LogP contribution in [0.5, 0.6) is 0 Å². The minimum Gasteiger partial charge on any atom is -0.573 e. The molecule has 7 nitrogen and oxygen atoms in total. The molecule has 39 heavy (non-hydrogen) atoms. The summed E-state index contributed by atoms with van der Waals surface area (Å²) in [5, 5.41) is 0.235. The predicted octanol–water partition coefficient (Wildman–Crippen LogP) is 6.34. The molecule has 3 heterocycles. The molecule has 1 aliphatic rings. The Morgan fingerprint density at radius 2 is 1.87 bits per heavy atom. The highest BCUT2D eigenvalue weighted by Crippen LogP contribution is 2.32. The molecule has 2 unspecified atom stereocenters. The Morgan fingerprint density at radius 3 is 2.54 bits per heavy atom. The van der Waals surface area contributed by atoms with Crippen LogP contribution in [0.1, 0.15) is 32.7 Å². The topological polar surface area (TPSA) is 90.3 Å². The van der Waals surface area contributed by atoms with Crippen molar-refractivity contribution in [3.05, 3.63) is 91.6 Å². The van der Waals surface area contributed by atoms with Crippen LogP contribution in [-0.2, 0) is 11.5 Å². The van der Waals surface area contributed by atoms with Crippen LogP contribution in [-0.4, -0.2) is 49.4 Å². The number of benzene rings is 2.